The van der Waals surface area contributed by atoms with E-state index >= 15 is 0 Å². The van der Waals surface area contributed by atoms with E-state index < -0.39 is 5.97 Å². The summed E-state index contributed by atoms with van der Waals surface area (Å²) in [5.41, 5.74) is 0.181. The Kier molecular flexibility index (Phi) is 4.86. The Hall–Kier alpha value is -1.18. The molecule has 0 amide bonds. The third kappa shape index (κ3) is 3.39. The topological polar surface area (TPSA) is 76.0 Å². The smallest absolute Gasteiger partial charge is 0.338 e. The minimum Gasteiger partial charge on any atom is -0.478 e. The van der Waals surface area contributed by atoms with Crippen molar-refractivity contribution < 1.29 is 9.90 Å². The monoisotopic (exact) mass is 289 g/mol. The molecule has 0 unspecified atom stereocenters. The highest BCUT2D eigenvalue weighted by atomic mass is 35.5. The molecule has 90 valence electrons. The number of aromatic nitrogens is 3. The zero-order valence-electron chi connectivity index (χ0n) is 8.65. The number of hydrogen-bond acceptors (Lipinski definition) is 6. The van der Waals surface area contributed by atoms with Crippen molar-refractivity contribution in [3.63, 3.8) is 0 Å². The average molecular weight is 290 g/mol. The van der Waals surface area contributed by atoms with Gasteiger partial charge in [-0.2, -0.15) is 0 Å². The first-order chi connectivity index (χ1) is 7.66. The number of carboxylic acid groups (broad SMARTS) is 1. The molecule has 0 atom stereocenters. The van der Waals surface area contributed by atoms with Gasteiger partial charge in [0.25, 0.3) is 0 Å². The number of hydrogen-bond donors (Lipinski definition) is 1. The van der Waals surface area contributed by atoms with Gasteiger partial charge in [0.05, 0.1) is 5.56 Å². The number of nitrogens with zero attached hydrogens (tertiary/aromatic N) is 3. The first-order valence-corrected chi connectivity index (χ1v) is 5.96. The SMILES string of the molecule is Cc1nnc(Sc2ncccc2C(=O)O)s1.Cl. The second-order valence-corrected chi connectivity index (χ2v) is 5.27. The van der Waals surface area contributed by atoms with Gasteiger partial charge in [0.2, 0.25) is 0 Å². The van der Waals surface area contributed by atoms with Crippen LogP contribution in [0.4, 0.5) is 0 Å². The summed E-state index contributed by atoms with van der Waals surface area (Å²) in [4.78, 5) is 15.0. The predicted octanol–water partition coefficient (Wildman–Crippen LogP) is 2.51. The van der Waals surface area contributed by atoms with Gasteiger partial charge >= 0.3 is 5.97 Å². The molecule has 1 N–H and O–H groups in total. The molecule has 0 bridgehead atoms. The maximum Gasteiger partial charge on any atom is 0.338 e. The maximum atomic E-state index is 10.9. The molecule has 0 aliphatic carbocycles. The van der Waals surface area contributed by atoms with E-state index in [1.54, 1.807) is 12.3 Å². The number of carboxylic acids is 1. The molecule has 2 rings (SSSR count). The lowest BCUT2D eigenvalue weighted by atomic mass is 10.3. The second-order valence-electron chi connectivity index (χ2n) is 2.85. The van der Waals surface area contributed by atoms with Crippen molar-refractivity contribution in [3.05, 3.63) is 28.9 Å². The Morgan fingerprint density at radius 2 is 2.24 bits per heavy atom. The van der Waals surface area contributed by atoms with Crippen LogP contribution < -0.4 is 0 Å². The standard InChI is InChI=1S/C9H7N3O2S2.ClH/c1-5-11-12-9(15-5)16-7-6(8(13)14)3-2-4-10-7;/h2-4H,1H3,(H,13,14);1H. The summed E-state index contributed by atoms with van der Waals surface area (Å²) < 4.78 is 0.693. The fraction of sp³-hybridized carbons (Fsp3) is 0.111. The Morgan fingerprint density at radius 3 is 2.82 bits per heavy atom. The van der Waals surface area contributed by atoms with Crippen LogP contribution in [-0.4, -0.2) is 26.3 Å². The summed E-state index contributed by atoms with van der Waals surface area (Å²) in [5, 5.41) is 18.0. The van der Waals surface area contributed by atoms with Crippen LogP contribution >= 0.6 is 35.5 Å². The van der Waals surface area contributed by atoms with Crippen molar-refractivity contribution in [2.45, 2.75) is 16.3 Å². The van der Waals surface area contributed by atoms with E-state index in [0.717, 1.165) is 5.01 Å². The van der Waals surface area contributed by atoms with Gasteiger partial charge in [-0.3, -0.25) is 0 Å². The molecule has 0 fully saturated rings. The number of aryl methyl sites for hydroxylation is 1. The molecule has 2 aromatic heterocycles. The van der Waals surface area contributed by atoms with Crippen LogP contribution in [0.15, 0.2) is 27.7 Å². The summed E-state index contributed by atoms with van der Waals surface area (Å²) in [7, 11) is 0. The summed E-state index contributed by atoms with van der Waals surface area (Å²) >= 11 is 2.63. The first-order valence-electron chi connectivity index (χ1n) is 4.33. The van der Waals surface area contributed by atoms with Crippen molar-refractivity contribution in [3.8, 4) is 0 Å². The zero-order chi connectivity index (χ0) is 11.5. The Balaban J connectivity index is 0.00000144. The molecular formula is C9H8ClN3O2S2. The summed E-state index contributed by atoms with van der Waals surface area (Å²) in [6.07, 6.45) is 1.56. The molecule has 0 radical (unpaired) electrons. The van der Waals surface area contributed by atoms with Crippen LogP contribution in [0.2, 0.25) is 0 Å². The van der Waals surface area contributed by atoms with E-state index in [2.05, 4.69) is 15.2 Å². The molecule has 8 heteroatoms. The number of pyridine rings is 1. The summed E-state index contributed by atoms with van der Waals surface area (Å²) in [6.45, 7) is 1.85. The van der Waals surface area contributed by atoms with Crippen molar-refractivity contribution in [2.75, 3.05) is 0 Å². The van der Waals surface area contributed by atoms with Crippen LogP contribution in [-0.2, 0) is 0 Å². The highest BCUT2D eigenvalue weighted by molar-refractivity contribution is 8.01. The van der Waals surface area contributed by atoms with Gasteiger partial charge in [0.15, 0.2) is 4.34 Å². The minimum atomic E-state index is -0.989. The van der Waals surface area contributed by atoms with E-state index in [1.165, 1.54) is 29.2 Å². The van der Waals surface area contributed by atoms with E-state index in [4.69, 9.17) is 5.11 Å². The van der Waals surface area contributed by atoms with Gasteiger partial charge in [0.1, 0.15) is 10.0 Å². The normalized spacial score (nSPS) is 9.71. The third-order valence-corrected chi connectivity index (χ3v) is 3.60. The fourth-order valence-electron chi connectivity index (χ4n) is 1.04. The molecule has 17 heavy (non-hydrogen) atoms. The molecule has 5 nitrogen and oxygen atoms in total. The fourth-order valence-corrected chi connectivity index (χ4v) is 2.84. The van der Waals surface area contributed by atoms with Crippen molar-refractivity contribution >= 4 is 41.5 Å². The summed E-state index contributed by atoms with van der Waals surface area (Å²) in [5.74, 6) is -0.989. The molecule has 0 aliphatic rings. The van der Waals surface area contributed by atoms with Crippen LogP contribution in [0.25, 0.3) is 0 Å². The largest absolute Gasteiger partial charge is 0.478 e. The highest BCUT2D eigenvalue weighted by Gasteiger charge is 2.13. The predicted molar refractivity (Wildman–Crippen MR) is 67.2 cm³/mol. The molecule has 2 heterocycles. The number of rotatable bonds is 3. The van der Waals surface area contributed by atoms with E-state index in [9.17, 15) is 4.79 Å². The van der Waals surface area contributed by atoms with E-state index in [0.29, 0.717) is 9.37 Å². The molecular weight excluding hydrogens is 282 g/mol. The van der Waals surface area contributed by atoms with E-state index in [1.807, 2.05) is 6.92 Å². The number of halogens is 1. The van der Waals surface area contributed by atoms with Crippen LogP contribution in [0, 0.1) is 6.92 Å². The van der Waals surface area contributed by atoms with Gasteiger partial charge in [-0.25, -0.2) is 9.78 Å². The lowest BCUT2D eigenvalue weighted by molar-refractivity contribution is 0.0692. The van der Waals surface area contributed by atoms with Gasteiger partial charge < -0.3 is 5.11 Å². The second kappa shape index (κ2) is 5.95. The molecule has 2 aromatic rings. The van der Waals surface area contributed by atoms with Crippen LogP contribution in [0.5, 0.6) is 0 Å². The zero-order valence-corrected chi connectivity index (χ0v) is 11.1. The number of carbonyl (C=O) groups is 1. The Labute approximate surface area is 112 Å². The summed E-state index contributed by atoms with van der Waals surface area (Å²) in [6, 6.07) is 3.12. The maximum absolute atomic E-state index is 10.9. The van der Waals surface area contributed by atoms with Crippen molar-refractivity contribution in [1.29, 1.82) is 0 Å². The number of aromatic carboxylic acids is 1. The Morgan fingerprint density at radius 1 is 1.47 bits per heavy atom. The van der Waals surface area contributed by atoms with Crippen LogP contribution in [0.3, 0.4) is 0 Å². The van der Waals surface area contributed by atoms with Gasteiger partial charge in [-0.1, -0.05) is 11.3 Å². The quantitative estimate of drug-likeness (QED) is 0.935. The average Bonchev–Trinajstić information content (AvgIpc) is 2.64. The van der Waals surface area contributed by atoms with Crippen LogP contribution in [0.1, 0.15) is 15.4 Å². The molecule has 0 saturated carbocycles. The third-order valence-electron chi connectivity index (χ3n) is 1.69. The molecule has 0 saturated heterocycles. The first kappa shape index (κ1) is 13.9. The van der Waals surface area contributed by atoms with Gasteiger partial charge in [-0.15, -0.1) is 22.6 Å². The highest BCUT2D eigenvalue weighted by Crippen LogP contribution is 2.30. The molecule has 0 aromatic carbocycles. The van der Waals surface area contributed by atoms with Gasteiger partial charge in [0, 0.05) is 6.20 Å². The van der Waals surface area contributed by atoms with Crippen molar-refractivity contribution in [1.82, 2.24) is 15.2 Å². The minimum absolute atomic E-state index is 0. The van der Waals surface area contributed by atoms with E-state index in [-0.39, 0.29) is 18.0 Å². The lowest BCUT2D eigenvalue weighted by Crippen LogP contribution is -1.99. The van der Waals surface area contributed by atoms with Gasteiger partial charge in [-0.05, 0) is 30.8 Å². The molecule has 0 spiro atoms. The Bertz CT molecular complexity index is 532. The lowest BCUT2D eigenvalue weighted by Gasteiger charge is -2.00. The van der Waals surface area contributed by atoms with Crippen molar-refractivity contribution in [2.24, 2.45) is 0 Å². The molecule has 0 aliphatic heterocycles.